The van der Waals surface area contributed by atoms with E-state index in [1.165, 1.54) is 16.3 Å². The van der Waals surface area contributed by atoms with Crippen LogP contribution in [0.15, 0.2) is 54.6 Å². The third-order valence-corrected chi connectivity index (χ3v) is 4.93. The van der Waals surface area contributed by atoms with Gasteiger partial charge in [-0.05, 0) is 34.9 Å². The summed E-state index contributed by atoms with van der Waals surface area (Å²) in [6, 6.07) is 18.3. The predicted molar refractivity (Wildman–Crippen MR) is 96.6 cm³/mol. The van der Waals surface area contributed by atoms with Gasteiger partial charge in [-0.3, -0.25) is 0 Å². The van der Waals surface area contributed by atoms with Crippen LogP contribution in [0.5, 0.6) is 0 Å². The number of hydrogen-bond acceptors (Lipinski definition) is 4. The Morgan fingerprint density at radius 1 is 1.00 bits per heavy atom. The molecule has 122 valence electrons. The first kappa shape index (κ1) is 15.4. The molecule has 4 nitrogen and oxygen atoms in total. The van der Waals surface area contributed by atoms with Gasteiger partial charge in [0.2, 0.25) is 0 Å². The molecule has 0 amide bonds. The Bertz CT molecular complexity index is 853. The summed E-state index contributed by atoms with van der Waals surface area (Å²) in [6.07, 6.45) is 0.446. The molecule has 24 heavy (non-hydrogen) atoms. The first-order valence-corrected chi connectivity index (χ1v) is 8.49. The number of β-amino-alcohol motifs (C(OH)–C–C–N with tert-alkyl or cyclic N) is 1. The fourth-order valence-corrected chi connectivity index (χ4v) is 3.55. The molecule has 0 aliphatic carbocycles. The number of benzene rings is 2. The summed E-state index contributed by atoms with van der Waals surface area (Å²) in [5, 5.41) is 21.5. The summed E-state index contributed by atoms with van der Waals surface area (Å²) in [4.78, 5) is 2.06. The molecule has 3 aromatic rings. The van der Waals surface area contributed by atoms with Gasteiger partial charge in [-0.15, -0.1) is 10.2 Å². The number of aliphatic hydroxyl groups is 1. The van der Waals surface area contributed by atoms with Gasteiger partial charge in [-0.2, -0.15) is 0 Å². The maximum Gasteiger partial charge on any atom is 0.151 e. The number of halogens is 1. The first-order chi connectivity index (χ1) is 11.7. The summed E-state index contributed by atoms with van der Waals surface area (Å²) in [6.45, 7) is 1.39. The molecule has 0 radical (unpaired) electrons. The number of rotatable bonds is 2. The SMILES string of the molecule is O[C@@H]1CN(c2ccc(Cl)nn2)CC[C@H]1c1ccc2ccccc2c1. The minimum Gasteiger partial charge on any atom is -0.391 e. The number of hydrogen-bond donors (Lipinski definition) is 1. The minimum atomic E-state index is -0.433. The summed E-state index contributed by atoms with van der Waals surface area (Å²) >= 11 is 5.79. The number of fused-ring (bicyclic) bond motifs is 1. The van der Waals surface area contributed by atoms with E-state index in [0.717, 1.165) is 18.8 Å². The summed E-state index contributed by atoms with van der Waals surface area (Å²) < 4.78 is 0. The van der Waals surface area contributed by atoms with Crippen LogP contribution in [0.1, 0.15) is 17.9 Å². The first-order valence-electron chi connectivity index (χ1n) is 8.12. The number of aromatic nitrogens is 2. The topological polar surface area (TPSA) is 49.2 Å². The van der Waals surface area contributed by atoms with Crippen LogP contribution in [0.3, 0.4) is 0 Å². The Labute approximate surface area is 145 Å². The van der Waals surface area contributed by atoms with E-state index in [2.05, 4.69) is 45.4 Å². The maximum absolute atomic E-state index is 10.7. The second kappa shape index (κ2) is 6.38. The van der Waals surface area contributed by atoms with E-state index in [-0.39, 0.29) is 5.92 Å². The Hall–Kier alpha value is -2.17. The molecule has 0 spiro atoms. The quantitative estimate of drug-likeness (QED) is 0.774. The third kappa shape index (κ3) is 2.95. The molecule has 1 fully saturated rings. The van der Waals surface area contributed by atoms with E-state index in [1.807, 2.05) is 18.2 Å². The Morgan fingerprint density at radius 2 is 1.83 bits per heavy atom. The van der Waals surface area contributed by atoms with Crippen molar-refractivity contribution in [2.24, 2.45) is 0 Å². The lowest BCUT2D eigenvalue weighted by molar-refractivity contribution is 0.129. The molecule has 2 aromatic carbocycles. The molecule has 1 aromatic heterocycles. The number of nitrogens with zero attached hydrogens (tertiary/aromatic N) is 3. The smallest absolute Gasteiger partial charge is 0.151 e. The van der Waals surface area contributed by atoms with E-state index >= 15 is 0 Å². The van der Waals surface area contributed by atoms with Crippen LogP contribution in [-0.4, -0.2) is 34.5 Å². The van der Waals surface area contributed by atoms with E-state index in [1.54, 1.807) is 6.07 Å². The lowest BCUT2D eigenvalue weighted by atomic mass is 9.86. The summed E-state index contributed by atoms with van der Waals surface area (Å²) in [5.74, 6) is 0.904. The average Bonchev–Trinajstić information content (AvgIpc) is 2.62. The Balaban J connectivity index is 1.54. The lowest BCUT2D eigenvalue weighted by Gasteiger charge is -2.36. The van der Waals surface area contributed by atoms with Gasteiger partial charge < -0.3 is 10.0 Å². The van der Waals surface area contributed by atoms with Crippen LogP contribution in [0.2, 0.25) is 5.15 Å². The highest BCUT2D eigenvalue weighted by Crippen LogP contribution is 2.32. The van der Waals surface area contributed by atoms with E-state index < -0.39 is 6.10 Å². The second-order valence-corrected chi connectivity index (χ2v) is 6.62. The van der Waals surface area contributed by atoms with Gasteiger partial charge in [0.1, 0.15) is 0 Å². The van der Waals surface area contributed by atoms with Crippen LogP contribution >= 0.6 is 11.6 Å². The van der Waals surface area contributed by atoms with Crippen molar-refractivity contribution in [1.82, 2.24) is 10.2 Å². The van der Waals surface area contributed by atoms with Gasteiger partial charge >= 0.3 is 0 Å². The zero-order chi connectivity index (χ0) is 16.5. The van der Waals surface area contributed by atoms with Crippen LogP contribution < -0.4 is 4.90 Å². The second-order valence-electron chi connectivity index (χ2n) is 6.23. The monoisotopic (exact) mass is 339 g/mol. The minimum absolute atomic E-state index is 0.145. The van der Waals surface area contributed by atoms with E-state index in [9.17, 15) is 5.11 Å². The van der Waals surface area contributed by atoms with Crippen molar-refractivity contribution >= 4 is 28.2 Å². The van der Waals surface area contributed by atoms with Gasteiger partial charge in [-0.25, -0.2) is 0 Å². The van der Waals surface area contributed by atoms with Crippen molar-refractivity contribution in [1.29, 1.82) is 0 Å². The molecule has 1 aliphatic heterocycles. The molecule has 1 aliphatic rings. The molecule has 2 heterocycles. The van der Waals surface area contributed by atoms with E-state index in [0.29, 0.717) is 11.7 Å². The van der Waals surface area contributed by atoms with Crippen LogP contribution in [0.25, 0.3) is 10.8 Å². The number of aliphatic hydroxyl groups excluding tert-OH is 1. The maximum atomic E-state index is 10.7. The highest BCUT2D eigenvalue weighted by Gasteiger charge is 2.29. The van der Waals surface area contributed by atoms with Crippen molar-refractivity contribution in [3.8, 4) is 0 Å². The average molecular weight is 340 g/mol. The molecule has 0 saturated carbocycles. The summed E-state index contributed by atoms with van der Waals surface area (Å²) in [5.41, 5.74) is 1.20. The Morgan fingerprint density at radius 3 is 2.58 bits per heavy atom. The van der Waals surface area contributed by atoms with Crippen molar-refractivity contribution in [3.63, 3.8) is 0 Å². The number of anilines is 1. The van der Waals surface area contributed by atoms with Crippen molar-refractivity contribution in [2.75, 3.05) is 18.0 Å². The predicted octanol–water partition coefficient (Wildman–Crippen LogP) is 3.64. The Kier molecular flexibility index (Phi) is 4.08. The van der Waals surface area contributed by atoms with Crippen molar-refractivity contribution in [3.05, 3.63) is 65.3 Å². The normalized spacial score (nSPS) is 21.2. The molecule has 1 N–H and O–H groups in total. The van der Waals surface area contributed by atoms with Crippen LogP contribution in [-0.2, 0) is 0 Å². The van der Waals surface area contributed by atoms with E-state index in [4.69, 9.17) is 11.6 Å². The van der Waals surface area contributed by atoms with Crippen LogP contribution in [0.4, 0.5) is 5.82 Å². The van der Waals surface area contributed by atoms with Gasteiger partial charge in [0.15, 0.2) is 11.0 Å². The number of piperidine rings is 1. The van der Waals surface area contributed by atoms with Gasteiger partial charge in [0.05, 0.1) is 6.10 Å². The molecule has 0 bridgehead atoms. The molecular weight excluding hydrogens is 322 g/mol. The highest BCUT2D eigenvalue weighted by molar-refractivity contribution is 6.29. The fraction of sp³-hybridized carbons (Fsp3) is 0.263. The third-order valence-electron chi connectivity index (χ3n) is 4.73. The molecule has 4 rings (SSSR count). The zero-order valence-corrected chi connectivity index (χ0v) is 13.9. The van der Waals surface area contributed by atoms with Crippen molar-refractivity contribution in [2.45, 2.75) is 18.4 Å². The standard InChI is InChI=1S/C19H18ClN3O/c20-18-7-8-19(22-21-18)23-10-9-16(17(24)12-23)15-6-5-13-3-1-2-4-14(13)11-15/h1-8,11,16-17,24H,9-10,12H2/t16-,17+/m0/s1. The molecule has 0 unspecified atom stereocenters. The van der Waals surface area contributed by atoms with Gasteiger partial charge in [0.25, 0.3) is 0 Å². The molecule has 5 heteroatoms. The lowest BCUT2D eigenvalue weighted by Crippen LogP contribution is -2.43. The molecule has 2 atom stereocenters. The zero-order valence-electron chi connectivity index (χ0n) is 13.1. The van der Waals surface area contributed by atoms with Crippen molar-refractivity contribution < 1.29 is 5.11 Å². The fourth-order valence-electron chi connectivity index (χ4n) is 3.44. The highest BCUT2D eigenvalue weighted by atomic mass is 35.5. The molecule has 1 saturated heterocycles. The largest absolute Gasteiger partial charge is 0.391 e. The molecular formula is C19H18ClN3O. The van der Waals surface area contributed by atoms with Gasteiger partial charge in [0, 0.05) is 19.0 Å². The van der Waals surface area contributed by atoms with Gasteiger partial charge in [-0.1, -0.05) is 54.1 Å². The summed E-state index contributed by atoms with van der Waals surface area (Å²) in [7, 11) is 0. The van der Waals surface area contributed by atoms with Crippen LogP contribution in [0, 0.1) is 0 Å².